The lowest BCUT2D eigenvalue weighted by Crippen LogP contribution is -2.19. The fraction of sp³-hybridized carbons (Fsp3) is 0.615. The van der Waals surface area contributed by atoms with Crippen LogP contribution in [0.1, 0.15) is 26.0 Å². The summed E-state index contributed by atoms with van der Waals surface area (Å²) in [6, 6.07) is 0.149. The van der Waals surface area contributed by atoms with Crippen molar-refractivity contribution in [2.24, 2.45) is 5.73 Å². The van der Waals surface area contributed by atoms with E-state index in [1.54, 1.807) is 11.3 Å². The minimum Gasteiger partial charge on any atom is -0.377 e. The first-order valence-electron chi connectivity index (χ1n) is 6.63. The molecule has 0 spiro atoms. The molecule has 3 heterocycles. The van der Waals surface area contributed by atoms with Gasteiger partial charge in [0.15, 0.2) is 4.96 Å². The first-order valence-corrected chi connectivity index (χ1v) is 8.39. The van der Waals surface area contributed by atoms with E-state index in [1.807, 2.05) is 18.7 Å². The summed E-state index contributed by atoms with van der Waals surface area (Å²) < 4.78 is 7.81. The van der Waals surface area contributed by atoms with E-state index in [-0.39, 0.29) is 6.04 Å². The first kappa shape index (κ1) is 13.4. The molecule has 0 saturated carbocycles. The Kier molecular flexibility index (Phi) is 3.84. The number of imidazole rings is 1. The third-order valence-electron chi connectivity index (χ3n) is 3.41. The number of hydrogen-bond acceptors (Lipinski definition) is 5. The molecule has 1 saturated heterocycles. The number of rotatable bonds is 4. The molecule has 2 N–H and O–H groups in total. The summed E-state index contributed by atoms with van der Waals surface area (Å²) in [6.45, 7) is 5.06. The Morgan fingerprint density at radius 1 is 1.68 bits per heavy atom. The highest BCUT2D eigenvalue weighted by atomic mass is 32.2. The van der Waals surface area contributed by atoms with Crippen LogP contribution in [0, 0.1) is 0 Å². The Balaban J connectivity index is 1.90. The number of fused-ring (bicyclic) bond motifs is 1. The van der Waals surface area contributed by atoms with Crippen molar-refractivity contribution in [1.82, 2.24) is 9.38 Å². The normalized spacial score (nSPS) is 25.2. The zero-order valence-electron chi connectivity index (χ0n) is 11.2. The smallest absolute Gasteiger partial charge is 0.194 e. The monoisotopic (exact) mass is 297 g/mol. The Bertz CT molecular complexity index is 563. The molecule has 0 aromatic carbocycles. The Morgan fingerprint density at radius 2 is 2.53 bits per heavy atom. The second-order valence-corrected chi connectivity index (χ2v) is 7.22. The fourth-order valence-corrected chi connectivity index (χ4v) is 4.43. The third-order valence-corrected chi connectivity index (χ3v) is 5.64. The molecule has 2 aromatic heterocycles. The van der Waals surface area contributed by atoms with E-state index in [1.165, 1.54) is 5.69 Å². The van der Waals surface area contributed by atoms with Crippen LogP contribution in [-0.2, 0) is 11.2 Å². The van der Waals surface area contributed by atoms with Crippen LogP contribution in [0.3, 0.4) is 0 Å². The lowest BCUT2D eigenvalue weighted by atomic mass is 10.2. The molecule has 0 aliphatic carbocycles. The summed E-state index contributed by atoms with van der Waals surface area (Å²) >= 11 is 3.53. The molecule has 19 heavy (non-hydrogen) atoms. The van der Waals surface area contributed by atoms with E-state index in [0.29, 0.717) is 11.4 Å². The summed E-state index contributed by atoms with van der Waals surface area (Å²) in [7, 11) is 0. The molecule has 2 aromatic rings. The van der Waals surface area contributed by atoms with E-state index in [2.05, 4.69) is 22.9 Å². The maximum Gasteiger partial charge on any atom is 0.194 e. The second-order valence-electron chi connectivity index (χ2n) is 5.12. The van der Waals surface area contributed by atoms with E-state index in [4.69, 9.17) is 15.5 Å². The topological polar surface area (TPSA) is 52.5 Å². The molecule has 3 rings (SSSR count). The molecule has 0 bridgehead atoms. The molecule has 1 aliphatic rings. The lowest BCUT2D eigenvalue weighted by molar-refractivity contribution is 0.127. The molecule has 6 heteroatoms. The number of thiazole rings is 1. The van der Waals surface area contributed by atoms with Gasteiger partial charge in [-0.25, -0.2) is 4.98 Å². The van der Waals surface area contributed by atoms with Crippen molar-refractivity contribution >= 4 is 28.1 Å². The van der Waals surface area contributed by atoms with Gasteiger partial charge in [-0.3, -0.25) is 4.40 Å². The van der Waals surface area contributed by atoms with Crippen molar-refractivity contribution < 1.29 is 4.74 Å². The molecule has 0 radical (unpaired) electrons. The van der Waals surface area contributed by atoms with Gasteiger partial charge in [-0.2, -0.15) is 0 Å². The second kappa shape index (κ2) is 5.44. The van der Waals surface area contributed by atoms with Gasteiger partial charge in [-0.05, 0) is 20.3 Å². The van der Waals surface area contributed by atoms with Crippen LogP contribution >= 0.6 is 23.1 Å². The van der Waals surface area contributed by atoms with Crippen LogP contribution in [0.15, 0.2) is 16.6 Å². The van der Waals surface area contributed by atoms with Gasteiger partial charge < -0.3 is 10.5 Å². The lowest BCUT2D eigenvalue weighted by Gasteiger charge is -2.13. The number of hydrogen-bond donors (Lipinski definition) is 1. The minimum atomic E-state index is 0.149. The van der Waals surface area contributed by atoms with Crippen molar-refractivity contribution in [3.05, 3.63) is 17.3 Å². The van der Waals surface area contributed by atoms with Gasteiger partial charge in [0.2, 0.25) is 0 Å². The van der Waals surface area contributed by atoms with Gasteiger partial charge in [-0.15, -0.1) is 11.3 Å². The first-order chi connectivity index (χ1) is 9.15. The van der Waals surface area contributed by atoms with Gasteiger partial charge >= 0.3 is 0 Å². The number of thioether (sulfide) groups is 1. The van der Waals surface area contributed by atoms with Crippen molar-refractivity contribution in [1.29, 1.82) is 0 Å². The fourth-order valence-electron chi connectivity index (χ4n) is 2.41. The minimum absolute atomic E-state index is 0.149. The summed E-state index contributed by atoms with van der Waals surface area (Å²) in [5, 5.41) is 3.71. The number of nitrogens with zero attached hydrogens (tertiary/aromatic N) is 2. The zero-order chi connectivity index (χ0) is 13.4. The summed E-state index contributed by atoms with van der Waals surface area (Å²) in [4.78, 5) is 5.82. The SMILES string of the molecule is CC(N)Cc1c(SC2CCOC2C)nc2sccn12. The van der Waals surface area contributed by atoms with Crippen molar-refractivity contribution in [3.8, 4) is 0 Å². The molecule has 0 amide bonds. The van der Waals surface area contributed by atoms with E-state index >= 15 is 0 Å². The average Bonchev–Trinajstić information content (AvgIpc) is 3.00. The quantitative estimate of drug-likeness (QED) is 0.942. The van der Waals surface area contributed by atoms with Crippen LogP contribution < -0.4 is 5.73 Å². The standard InChI is InChI=1S/C13H19N3OS2/c1-8(14)7-10-12(15-13-16(10)4-6-18-13)19-11-3-5-17-9(11)2/h4,6,8-9,11H,3,5,7,14H2,1-2H3. The maximum absolute atomic E-state index is 5.98. The number of ether oxygens (including phenoxy) is 1. The van der Waals surface area contributed by atoms with Crippen LogP contribution in [0.25, 0.3) is 4.96 Å². The van der Waals surface area contributed by atoms with Gasteiger partial charge in [0.1, 0.15) is 5.03 Å². The maximum atomic E-state index is 5.98. The molecule has 1 aliphatic heterocycles. The predicted octanol–water partition coefficient (Wildman–Crippen LogP) is 2.56. The Morgan fingerprint density at radius 3 is 3.21 bits per heavy atom. The molecular weight excluding hydrogens is 278 g/mol. The molecule has 4 nitrogen and oxygen atoms in total. The van der Waals surface area contributed by atoms with E-state index in [0.717, 1.165) is 29.4 Å². The van der Waals surface area contributed by atoms with Crippen molar-refractivity contribution in [2.75, 3.05) is 6.61 Å². The van der Waals surface area contributed by atoms with Crippen LogP contribution in [-0.4, -0.2) is 33.4 Å². The van der Waals surface area contributed by atoms with Gasteiger partial charge in [0.05, 0.1) is 11.8 Å². The Hall–Kier alpha value is -0.560. The summed E-state index contributed by atoms with van der Waals surface area (Å²) in [6.07, 6.45) is 4.37. The van der Waals surface area contributed by atoms with Crippen molar-refractivity contribution in [2.45, 2.75) is 49.1 Å². The molecule has 3 unspecified atom stereocenters. The highest BCUT2D eigenvalue weighted by Gasteiger charge is 2.28. The largest absolute Gasteiger partial charge is 0.377 e. The molecule has 1 fully saturated rings. The molecule has 3 atom stereocenters. The highest BCUT2D eigenvalue weighted by Crippen LogP contribution is 2.35. The van der Waals surface area contributed by atoms with E-state index in [9.17, 15) is 0 Å². The molecular formula is C13H19N3OS2. The van der Waals surface area contributed by atoms with Gasteiger partial charge in [0.25, 0.3) is 0 Å². The highest BCUT2D eigenvalue weighted by molar-refractivity contribution is 8.00. The average molecular weight is 297 g/mol. The van der Waals surface area contributed by atoms with E-state index < -0.39 is 0 Å². The van der Waals surface area contributed by atoms with Crippen LogP contribution in [0.4, 0.5) is 0 Å². The number of aromatic nitrogens is 2. The van der Waals surface area contributed by atoms with Crippen molar-refractivity contribution in [3.63, 3.8) is 0 Å². The third kappa shape index (κ3) is 2.67. The Labute approximate surface area is 121 Å². The zero-order valence-corrected chi connectivity index (χ0v) is 12.8. The van der Waals surface area contributed by atoms with Crippen LogP contribution in [0.5, 0.6) is 0 Å². The summed E-state index contributed by atoms with van der Waals surface area (Å²) in [5.41, 5.74) is 7.22. The van der Waals surface area contributed by atoms with Crippen LogP contribution in [0.2, 0.25) is 0 Å². The molecule has 104 valence electrons. The van der Waals surface area contributed by atoms with Gasteiger partial charge in [0, 0.05) is 35.9 Å². The predicted molar refractivity (Wildman–Crippen MR) is 80.1 cm³/mol. The summed E-state index contributed by atoms with van der Waals surface area (Å²) in [5.74, 6) is 0. The number of nitrogens with two attached hydrogens (primary N) is 1. The van der Waals surface area contributed by atoms with Gasteiger partial charge in [-0.1, -0.05) is 11.8 Å².